The number of anilines is 5. The Labute approximate surface area is 287 Å². The summed E-state index contributed by atoms with van der Waals surface area (Å²) in [5.74, 6) is 1.36. The maximum absolute atomic E-state index is 14.2. The summed E-state index contributed by atoms with van der Waals surface area (Å²) in [7, 11) is 0.703. The quantitative estimate of drug-likeness (QED) is 0.159. The Morgan fingerprint density at radius 1 is 1.08 bits per heavy atom. The molecule has 0 aliphatic carbocycles. The molecule has 1 fully saturated rings. The second-order valence-electron chi connectivity index (χ2n) is 12.4. The van der Waals surface area contributed by atoms with Gasteiger partial charge in [0.1, 0.15) is 30.9 Å². The van der Waals surface area contributed by atoms with Gasteiger partial charge < -0.3 is 24.8 Å². The van der Waals surface area contributed by atoms with Gasteiger partial charge in [-0.3, -0.25) is 19.5 Å². The van der Waals surface area contributed by atoms with Gasteiger partial charge in [0.25, 0.3) is 0 Å². The summed E-state index contributed by atoms with van der Waals surface area (Å²) >= 11 is 3.57. The standard InChI is InChI=1S/C33H39BrFN10O2P/c1-20(2)45-12-11-44(19-22(45)15-35)28-14-29(47-4)27(13-23(28)21-16-39-43(3)18-21)41-33-38-17-24(34)32(42-33)40-26-8-7-25-30(37-10-9-36-25)31(26)48(5,6)46/h7-10,13-14,16-18,20,22H,11-12,15,19H2,1-6H3,(H2,38,40,41,42). The van der Waals surface area contributed by atoms with Crippen LogP contribution in [0.5, 0.6) is 5.75 Å². The number of hydrogen-bond acceptors (Lipinski definition) is 11. The minimum atomic E-state index is -2.79. The van der Waals surface area contributed by atoms with Crippen molar-refractivity contribution >= 4 is 68.2 Å². The summed E-state index contributed by atoms with van der Waals surface area (Å²) in [5.41, 5.74) is 5.26. The maximum atomic E-state index is 14.2. The van der Waals surface area contributed by atoms with E-state index >= 15 is 0 Å². The lowest BCUT2D eigenvalue weighted by molar-refractivity contribution is 0.115. The number of hydrogen-bond donors (Lipinski definition) is 2. The average molecular weight is 738 g/mol. The molecule has 15 heteroatoms. The molecule has 0 spiro atoms. The smallest absolute Gasteiger partial charge is 0.229 e. The first-order chi connectivity index (χ1) is 23.0. The van der Waals surface area contributed by atoms with E-state index in [1.54, 1.807) is 43.7 Å². The molecule has 252 valence electrons. The fourth-order valence-corrected chi connectivity index (χ4v) is 7.91. The minimum absolute atomic E-state index is 0.212. The highest BCUT2D eigenvalue weighted by Crippen LogP contribution is 2.43. The third kappa shape index (κ3) is 6.87. The van der Waals surface area contributed by atoms with Crippen molar-refractivity contribution in [1.82, 2.24) is 34.6 Å². The minimum Gasteiger partial charge on any atom is -0.494 e. The molecule has 1 saturated heterocycles. The van der Waals surface area contributed by atoms with E-state index in [9.17, 15) is 8.96 Å². The molecule has 12 nitrogen and oxygen atoms in total. The van der Waals surface area contributed by atoms with Crippen LogP contribution < -0.4 is 25.6 Å². The molecule has 2 N–H and O–H groups in total. The van der Waals surface area contributed by atoms with Gasteiger partial charge in [0, 0.05) is 80.4 Å². The number of ether oxygens (including phenoxy) is 1. The predicted molar refractivity (Wildman–Crippen MR) is 194 cm³/mol. The number of aryl methyl sites for hydroxylation is 1. The lowest BCUT2D eigenvalue weighted by Gasteiger charge is -2.44. The largest absolute Gasteiger partial charge is 0.494 e. The van der Waals surface area contributed by atoms with Crippen molar-refractivity contribution in [3.8, 4) is 16.9 Å². The Bertz CT molecular complexity index is 2000. The summed E-state index contributed by atoms with van der Waals surface area (Å²) in [5, 5.41) is 11.7. The van der Waals surface area contributed by atoms with Crippen LogP contribution in [0.4, 0.5) is 33.2 Å². The second kappa shape index (κ2) is 13.8. The molecule has 0 saturated carbocycles. The number of fused-ring (bicyclic) bond motifs is 1. The van der Waals surface area contributed by atoms with Gasteiger partial charge in [0.2, 0.25) is 5.95 Å². The van der Waals surface area contributed by atoms with Crippen LogP contribution >= 0.6 is 23.1 Å². The molecule has 6 rings (SSSR count). The molecule has 1 atom stereocenters. The van der Waals surface area contributed by atoms with Gasteiger partial charge in [0.15, 0.2) is 0 Å². The molecule has 4 heterocycles. The monoisotopic (exact) mass is 736 g/mol. The van der Waals surface area contributed by atoms with Gasteiger partial charge in [-0.05, 0) is 61.3 Å². The first kappa shape index (κ1) is 33.8. The average Bonchev–Trinajstić information content (AvgIpc) is 3.50. The Balaban J connectivity index is 1.37. The van der Waals surface area contributed by atoms with Gasteiger partial charge in [0.05, 0.1) is 46.0 Å². The van der Waals surface area contributed by atoms with E-state index in [0.29, 0.717) is 56.2 Å². The number of halogens is 2. The van der Waals surface area contributed by atoms with Crippen molar-refractivity contribution in [2.24, 2.45) is 7.05 Å². The zero-order valence-electron chi connectivity index (χ0n) is 27.8. The van der Waals surface area contributed by atoms with Crippen molar-refractivity contribution in [3.05, 3.63) is 59.7 Å². The van der Waals surface area contributed by atoms with Crippen LogP contribution in [0.25, 0.3) is 22.2 Å². The van der Waals surface area contributed by atoms with E-state index in [1.165, 1.54) is 0 Å². The topological polar surface area (TPSA) is 126 Å². The molecular formula is C33H39BrFN10O2P. The number of piperazine rings is 1. The van der Waals surface area contributed by atoms with E-state index in [2.05, 4.69) is 70.3 Å². The zero-order chi connectivity index (χ0) is 34.2. The van der Waals surface area contributed by atoms with Gasteiger partial charge in [-0.25, -0.2) is 9.37 Å². The highest BCUT2D eigenvalue weighted by atomic mass is 79.9. The number of methoxy groups -OCH3 is 1. The zero-order valence-corrected chi connectivity index (χ0v) is 30.3. The van der Waals surface area contributed by atoms with Crippen LogP contribution in [-0.4, -0.2) is 93.4 Å². The fraction of sp³-hybridized carbons (Fsp3) is 0.364. The first-order valence-electron chi connectivity index (χ1n) is 15.6. The molecule has 5 aromatic rings. The lowest BCUT2D eigenvalue weighted by Crippen LogP contribution is -2.56. The normalized spacial score (nSPS) is 15.7. The van der Waals surface area contributed by atoms with E-state index in [-0.39, 0.29) is 12.1 Å². The summed E-state index contributed by atoms with van der Waals surface area (Å²) in [6, 6.07) is 7.69. The number of aromatic nitrogens is 6. The van der Waals surface area contributed by atoms with Gasteiger partial charge >= 0.3 is 0 Å². The molecule has 1 aliphatic rings. The van der Waals surface area contributed by atoms with Crippen LogP contribution in [0.3, 0.4) is 0 Å². The van der Waals surface area contributed by atoms with Crippen molar-refractivity contribution in [3.63, 3.8) is 0 Å². The molecule has 1 aliphatic heterocycles. The van der Waals surface area contributed by atoms with Gasteiger partial charge in [-0.1, -0.05) is 0 Å². The number of benzene rings is 2. The Kier molecular flexibility index (Phi) is 9.69. The third-order valence-electron chi connectivity index (χ3n) is 8.44. The van der Waals surface area contributed by atoms with Crippen LogP contribution in [0.15, 0.2) is 59.7 Å². The summed E-state index contributed by atoms with van der Waals surface area (Å²) in [6.07, 6.45) is 8.62. The van der Waals surface area contributed by atoms with E-state index in [1.807, 2.05) is 43.7 Å². The summed E-state index contributed by atoms with van der Waals surface area (Å²) in [4.78, 5) is 22.6. The molecular weight excluding hydrogens is 698 g/mol. The van der Waals surface area contributed by atoms with Crippen molar-refractivity contribution in [2.75, 3.05) is 62.3 Å². The molecule has 48 heavy (non-hydrogen) atoms. The summed E-state index contributed by atoms with van der Waals surface area (Å²) in [6.45, 7) is 9.25. The maximum Gasteiger partial charge on any atom is 0.229 e. The highest BCUT2D eigenvalue weighted by molar-refractivity contribution is 9.10. The van der Waals surface area contributed by atoms with E-state index < -0.39 is 13.8 Å². The van der Waals surface area contributed by atoms with Gasteiger partial charge in [-0.2, -0.15) is 10.1 Å². The van der Waals surface area contributed by atoms with Crippen LogP contribution in [0, 0.1) is 0 Å². The lowest BCUT2D eigenvalue weighted by atomic mass is 10.0. The molecule has 0 radical (unpaired) electrons. The van der Waals surface area contributed by atoms with Crippen molar-refractivity contribution in [1.29, 1.82) is 0 Å². The fourth-order valence-electron chi connectivity index (χ4n) is 6.23. The molecule has 3 aromatic heterocycles. The first-order valence-corrected chi connectivity index (χ1v) is 19.0. The number of rotatable bonds is 10. The Morgan fingerprint density at radius 2 is 1.88 bits per heavy atom. The molecule has 0 bridgehead atoms. The van der Waals surface area contributed by atoms with E-state index in [4.69, 9.17) is 9.72 Å². The van der Waals surface area contributed by atoms with Crippen molar-refractivity contribution < 1.29 is 13.7 Å². The number of nitrogens with zero attached hydrogens (tertiary/aromatic N) is 8. The SMILES string of the molecule is COc1cc(N2CCN(C(C)C)C(CF)C2)c(-c2cnn(C)c2)cc1Nc1ncc(Br)c(Nc2ccc3nccnc3c2P(C)(C)=O)n1. The van der Waals surface area contributed by atoms with E-state index in [0.717, 1.165) is 29.9 Å². The summed E-state index contributed by atoms with van der Waals surface area (Å²) < 4.78 is 36.0. The Hall–Kier alpha value is -4.13. The highest BCUT2D eigenvalue weighted by Gasteiger charge is 2.31. The van der Waals surface area contributed by atoms with Crippen LogP contribution in [-0.2, 0) is 11.6 Å². The van der Waals surface area contributed by atoms with Crippen LogP contribution in [0.2, 0.25) is 0 Å². The number of nitrogens with one attached hydrogen (secondary N) is 2. The number of alkyl halides is 1. The van der Waals surface area contributed by atoms with Crippen LogP contribution in [0.1, 0.15) is 13.8 Å². The molecule has 0 amide bonds. The van der Waals surface area contributed by atoms with Gasteiger partial charge in [-0.15, -0.1) is 0 Å². The predicted octanol–water partition coefficient (Wildman–Crippen LogP) is 6.20. The Morgan fingerprint density at radius 3 is 2.56 bits per heavy atom. The molecule has 2 aromatic carbocycles. The second-order valence-corrected chi connectivity index (χ2v) is 16.4. The van der Waals surface area contributed by atoms with Crippen molar-refractivity contribution in [2.45, 2.75) is 25.9 Å². The third-order valence-corrected chi connectivity index (χ3v) is 10.6. The molecule has 1 unspecified atom stereocenters.